The minimum Gasteiger partial charge on any atom is -0.463 e. The molecule has 12 heavy (non-hydrogen) atoms. The summed E-state index contributed by atoms with van der Waals surface area (Å²) in [6.45, 7) is 8.58. The summed E-state index contributed by atoms with van der Waals surface area (Å²) in [4.78, 5) is 10.9. The lowest BCUT2D eigenvalue weighted by Gasteiger charge is -2.08. The Morgan fingerprint density at radius 1 is 1.42 bits per heavy atom. The highest BCUT2D eigenvalue weighted by Gasteiger charge is 2.03. The van der Waals surface area contributed by atoms with Crippen molar-refractivity contribution in [3.8, 4) is 0 Å². The number of allylic oxidation sites excluding steroid dienone is 1. The van der Waals surface area contributed by atoms with Gasteiger partial charge in [-0.3, -0.25) is 0 Å². The van der Waals surface area contributed by atoms with Gasteiger partial charge in [0, 0.05) is 6.08 Å². The third kappa shape index (κ3) is 4.94. The van der Waals surface area contributed by atoms with Crippen molar-refractivity contribution in [3.63, 3.8) is 0 Å². The Morgan fingerprint density at radius 2 is 2.00 bits per heavy atom. The fourth-order valence-corrected chi connectivity index (χ4v) is 0.643. The summed E-state index contributed by atoms with van der Waals surface area (Å²) in [6.07, 6.45) is 3.40. The van der Waals surface area contributed by atoms with Crippen LogP contribution in [0, 0.1) is 11.8 Å². The maximum absolute atomic E-state index is 10.9. The van der Waals surface area contributed by atoms with Gasteiger partial charge in [0.2, 0.25) is 0 Å². The normalized spacial score (nSPS) is 13.8. The van der Waals surface area contributed by atoms with E-state index >= 15 is 0 Å². The van der Waals surface area contributed by atoms with Gasteiger partial charge in [0.05, 0.1) is 6.61 Å². The topological polar surface area (TPSA) is 26.3 Å². The van der Waals surface area contributed by atoms with E-state index in [1.54, 1.807) is 6.92 Å². The predicted octanol–water partition coefficient (Wildman–Crippen LogP) is 2.40. The highest BCUT2D eigenvalue weighted by molar-refractivity contribution is 5.81. The number of hydrogen-bond acceptors (Lipinski definition) is 2. The van der Waals surface area contributed by atoms with Crippen molar-refractivity contribution in [1.29, 1.82) is 0 Å². The van der Waals surface area contributed by atoms with E-state index < -0.39 is 0 Å². The van der Waals surface area contributed by atoms with Crippen molar-refractivity contribution in [2.75, 3.05) is 6.61 Å². The molecule has 2 heteroatoms. The number of carbonyl (C=O) groups excluding carboxylic acids is 1. The van der Waals surface area contributed by atoms with E-state index in [2.05, 4.69) is 20.8 Å². The zero-order chi connectivity index (χ0) is 9.56. The average Bonchev–Trinajstić information content (AvgIpc) is 2.00. The molecular formula is C10H18O2. The number of carbonyl (C=O) groups is 1. The van der Waals surface area contributed by atoms with Crippen LogP contribution in [-0.2, 0) is 9.53 Å². The van der Waals surface area contributed by atoms with E-state index in [9.17, 15) is 4.79 Å². The van der Waals surface area contributed by atoms with E-state index in [0.29, 0.717) is 18.4 Å². The van der Waals surface area contributed by atoms with Crippen molar-refractivity contribution in [1.82, 2.24) is 0 Å². The van der Waals surface area contributed by atoms with Crippen LogP contribution in [0.2, 0.25) is 0 Å². The first-order valence-corrected chi connectivity index (χ1v) is 4.42. The number of rotatable bonds is 4. The van der Waals surface area contributed by atoms with E-state index in [1.165, 1.54) is 6.08 Å². The molecule has 0 aliphatic carbocycles. The Balaban J connectivity index is 3.81. The van der Waals surface area contributed by atoms with Crippen LogP contribution in [-0.4, -0.2) is 12.6 Å². The molecular weight excluding hydrogens is 152 g/mol. The lowest BCUT2D eigenvalue weighted by molar-refractivity contribution is -0.137. The van der Waals surface area contributed by atoms with Crippen LogP contribution >= 0.6 is 0 Å². The van der Waals surface area contributed by atoms with Crippen LogP contribution in [0.3, 0.4) is 0 Å². The van der Waals surface area contributed by atoms with Crippen molar-refractivity contribution in [3.05, 3.63) is 12.2 Å². The van der Waals surface area contributed by atoms with E-state index in [1.807, 2.05) is 6.08 Å². The molecule has 1 unspecified atom stereocenters. The van der Waals surface area contributed by atoms with Crippen molar-refractivity contribution < 1.29 is 9.53 Å². The first kappa shape index (κ1) is 11.2. The van der Waals surface area contributed by atoms with Gasteiger partial charge < -0.3 is 4.74 Å². The lowest BCUT2D eigenvalue weighted by atomic mass is 9.98. The Kier molecular flexibility index (Phi) is 5.43. The predicted molar refractivity (Wildman–Crippen MR) is 49.8 cm³/mol. The molecule has 1 atom stereocenters. The molecule has 0 N–H and O–H groups in total. The maximum Gasteiger partial charge on any atom is 0.330 e. The van der Waals surface area contributed by atoms with Crippen LogP contribution < -0.4 is 0 Å². The lowest BCUT2D eigenvalue weighted by Crippen LogP contribution is -2.03. The molecule has 0 aromatic heterocycles. The average molecular weight is 170 g/mol. The zero-order valence-corrected chi connectivity index (χ0v) is 8.33. The SMILES string of the molecule is CCOC(=O)/C=C/C(C)C(C)C. The summed E-state index contributed by atoms with van der Waals surface area (Å²) in [5.74, 6) is 0.745. The molecule has 0 amide bonds. The largest absolute Gasteiger partial charge is 0.463 e. The third-order valence-electron chi connectivity index (χ3n) is 1.87. The van der Waals surface area contributed by atoms with Crippen LogP contribution in [0.25, 0.3) is 0 Å². The highest BCUT2D eigenvalue weighted by Crippen LogP contribution is 2.10. The smallest absolute Gasteiger partial charge is 0.330 e. The summed E-state index contributed by atoms with van der Waals surface area (Å²) >= 11 is 0. The van der Waals surface area contributed by atoms with Gasteiger partial charge in [0.25, 0.3) is 0 Å². The molecule has 0 spiro atoms. The monoisotopic (exact) mass is 170 g/mol. The van der Waals surface area contributed by atoms with E-state index in [0.717, 1.165) is 0 Å². The number of hydrogen-bond donors (Lipinski definition) is 0. The van der Waals surface area contributed by atoms with Crippen LogP contribution in [0.4, 0.5) is 0 Å². The Morgan fingerprint density at radius 3 is 2.42 bits per heavy atom. The molecule has 2 nitrogen and oxygen atoms in total. The molecule has 0 saturated heterocycles. The second kappa shape index (κ2) is 5.81. The van der Waals surface area contributed by atoms with Gasteiger partial charge >= 0.3 is 5.97 Å². The summed E-state index contributed by atoms with van der Waals surface area (Å²) < 4.78 is 4.75. The number of ether oxygens (including phenoxy) is 1. The second-order valence-electron chi connectivity index (χ2n) is 3.21. The Hall–Kier alpha value is -0.790. The summed E-state index contributed by atoms with van der Waals surface area (Å²) in [6, 6.07) is 0. The fraction of sp³-hybridized carbons (Fsp3) is 0.700. The van der Waals surface area contributed by atoms with Crippen LogP contribution in [0.5, 0.6) is 0 Å². The standard InChI is InChI=1S/C10H18O2/c1-5-12-10(11)7-6-9(4)8(2)3/h6-9H,5H2,1-4H3/b7-6+. The number of esters is 1. The van der Waals surface area contributed by atoms with Crippen molar-refractivity contribution in [2.24, 2.45) is 11.8 Å². The van der Waals surface area contributed by atoms with Gasteiger partial charge in [-0.25, -0.2) is 4.79 Å². The molecule has 70 valence electrons. The van der Waals surface area contributed by atoms with E-state index in [4.69, 9.17) is 4.74 Å². The molecule has 0 bridgehead atoms. The summed E-state index contributed by atoms with van der Waals surface area (Å²) in [5.41, 5.74) is 0. The van der Waals surface area contributed by atoms with Crippen LogP contribution in [0.1, 0.15) is 27.7 Å². The fourth-order valence-electron chi connectivity index (χ4n) is 0.643. The van der Waals surface area contributed by atoms with Crippen LogP contribution in [0.15, 0.2) is 12.2 Å². The van der Waals surface area contributed by atoms with Gasteiger partial charge in [0.15, 0.2) is 0 Å². The Bertz CT molecular complexity index is 159. The second-order valence-corrected chi connectivity index (χ2v) is 3.21. The summed E-state index contributed by atoms with van der Waals surface area (Å²) in [7, 11) is 0. The molecule has 0 saturated carbocycles. The highest BCUT2D eigenvalue weighted by atomic mass is 16.5. The molecule has 0 aliphatic rings. The van der Waals surface area contributed by atoms with Gasteiger partial charge in [0.1, 0.15) is 0 Å². The molecule has 0 fully saturated rings. The minimum absolute atomic E-state index is 0.245. The molecule has 0 radical (unpaired) electrons. The molecule has 0 aromatic rings. The summed E-state index contributed by atoms with van der Waals surface area (Å²) in [5, 5.41) is 0. The quantitative estimate of drug-likeness (QED) is 0.478. The van der Waals surface area contributed by atoms with Crippen molar-refractivity contribution in [2.45, 2.75) is 27.7 Å². The third-order valence-corrected chi connectivity index (χ3v) is 1.87. The van der Waals surface area contributed by atoms with Gasteiger partial charge in [-0.05, 0) is 18.8 Å². The molecule has 0 rings (SSSR count). The van der Waals surface area contributed by atoms with Gasteiger partial charge in [-0.2, -0.15) is 0 Å². The van der Waals surface area contributed by atoms with Gasteiger partial charge in [-0.1, -0.05) is 26.8 Å². The minimum atomic E-state index is -0.245. The van der Waals surface area contributed by atoms with Gasteiger partial charge in [-0.15, -0.1) is 0 Å². The van der Waals surface area contributed by atoms with E-state index in [-0.39, 0.29) is 5.97 Å². The first-order valence-electron chi connectivity index (χ1n) is 4.42. The maximum atomic E-state index is 10.9. The first-order chi connectivity index (χ1) is 5.57. The molecule has 0 aromatic carbocycles. The zero-order valence-electron chi connectivity index (χ0n) is 8.33. The van der Waals surface area contributed by atoms with Crippen molar-refractivity contribution >= 4 is 5.97 Å². The molecule has 0 heterocycles. The molecule has 0 aliphatic heterocycles. The Labute approximate surface area is 74.6 Å².